The minimum Gasteiger partial charge on any atom is -0.493 e. The van der Waals surface area contributed by atoms with Crippen molar-refractivity contribution >= 4 is 27.9 Å². The number of hydrazone groups is 1. The molecule has 1 N–H and O–H groups in total. The maximum atomic E-state index is 11.8. The molecule has 25 heavy (non-hydrogen) atoms. The van der Waals surface area contributed by atoms with Crippen LogP contribution in [0.5, 0.6) is 11.5 Å². The van der Waals surface area contributed by atoms with Gasteiger partial charge in [-0.2, -0.15) is 5.10 Å². The maximum Gasteiger partial charge on any atom is 0.308 e. The van der Waals surface area contributed by atoms with Crippen molar-refractivity contribution in [2.45, 2.75) is 19.8 Å². The Morgan fingerprint density at radius 3 is 2.72 bits per heavy atom. The van der Waals surface area contributed by atoms with Gasteiger partial charge in [0.1, 0.15) is 0 Å². The second kappa shape index (κ2) is 8.11. The Bertz CT molecular complexity index is 788. The lowest BCUT2D eigenvalue weighted by Gasteiger charge is -2.08. The minimum absolute atomic E-state index is 0.0545. The fourth-order valence-corrected chi connectivity index (χ4v) is 4.39. The summed E-state index contributed by atoms with van der Waals surface area (Å²) >= 11 is 0. The van der Waals surface area contributed by atoms with E-state index in [0.717, 1.165) is 0 Å². The fraction of sp³-hybridized carbons (Fsp3) is 0.438. The van der Waals surface area contributed by atoms with Crippen molar-refractivity contribution in [3.63, 3.8) is 0 Å². The number of nitrogens with zero attached hydrogens (tertiary/aromatic N) is 1. The fourth-order valence-electron chi connectivity index (χ4n) is 2.52. The zero-order chi connectivity index (χ0) is 18.4. The molecule has 0 aliphatic carbocycles. The maximum absolute atomic E-state index is 11.8. The molecule has 0 unspecified atom stereocenters. The summed E-state index contributed by atoms with van der Waals surface area (Å²) < 4.78 is 32.9. The Hall–Kier alpha value is -2.42. The third-order valence-corrected chi connectivity index (χ3v) is 5.48. The van der Waals surface area contributed by atoms with Gasteiger partial charge in [0.2, 0.25) is 5.91 Å². The molecule has 8 nitrogen and oxygen atoms in total. The number of methoxy groups -OCH3 is 1. The molecule has 0 aromatic heterocycles. The van der Waals surface area contributed by atoms with Crippen molar-refractivity contribution in [2.24, 2.45) is 11.0 Å². The van der Waals surface area contributed by atoms with E-state index in [2.05, 4.69) is 10.5 Å². The number of benzene rings is 1. The molecule has 0 radical (unpaired) electrons. The number of carbonyl (C=O) groups is 2. The molecule has 1 aliphatic rings. The topological polar surface area (TPSA) is 111 Å². The van der Waals surface area contributed by atoms with Crippen LogP contribution in [0.4, 0.5) is 0 Å². The van der Waals surface area contributed by atoms with E-state index in [1.54, 1.807) is 18.2 Å². The Labute approximate surface area is 146 Å². The number of hydrogen-bond donors (Lipinski definition) is 1. The number of carbonyl (C=O) groups excluding carboxylic acids is 2. The van der Waals surface area contributed by atoms with E-state index in [0.29, 0.717) is 23.5 Å². The van der Waals surface area contributed by atoms with Crippen LogP contribution in [0.25, 0.3) is 0 Å². The second-order valence-electron chi connectivity index (χ2n) is 5.77. The van der Waals surface area contributed by atoms with E-state index in [9.17, 15) is 18.0 Å². The van der Waals surface area contributed by atoms with Crippen LogP contribution < -0.4 is 14.9 Å². The minimum atomic E-state index is -2.99. The van der Waals surface area contributed by atoms with Gasteiger partial charge in [-0.3, -0.25) is 9.59 Å². The van der Waals surface area contributed by atoms with Crippen molar-refractivity contribution in [1.82, 2.24) is 5.43 Å². The first-order valence-corrected chi connectivity index (χ1v) is 9.50. The third-order valence-electron chi connectivity index (χ3n) is 3.65. The van der Waals surface area contributed by atoms with Crippen LogP contribution in [0.3, 0.4) is 0 Å². The molecule has 0 saturated carbocycles. The Kier molecular flexibility index (Phi) is 6.13. The molecule has 0 spiro atoms. The van der Waals surface area contributed by atoms with Crippen LogP contribution in [0, 0.1) is 5.92 Å². The molecule has 136 valence electrons. The number of amides is 1. The Morgan fingerprint density at radius 1 is 1.36 bits per heavy atom. The molecule has 1 amide bonds. The average molecular weight is 368 g/mol. The van der Waals surface area contributed by atoms with Gasteiger partial charge < -0.3 is 9.47 Å². The van der Waals surface area contributed by atoms with Gasteiger partial charge in [0, 0.05) is 13.3 Å². The standard InChI is InChI=1S/C16H20N2O6S/c1-11(19)24-14-4-3-12(7-15(14)23-2)9-17-18-16(20)8-13-5-6-25(21,22)10-13/h3-4,7,9,13H,5-6,8,10H2,1-2H3,(H,18,20)/b17-9-/t13-/m1/s1. The third kappa shape index (κ3) is 5.86. The summed E-state index contributed by atoms with van der Waals surface area (Å²) in [7, 11) is -1.55. The van der Waals surface area contributed by atoms with Crippen LogP contribution >= 0.6 is 0 Å². The molecular formula is C16H20N2O6S. The average Bonchev–Trinajstić information content (AvgIpc) is 2.86. The van der Waals surface area contributed by atoms with E-state index < -0.39 is 15.8 Å². The first-order valence-electron chi connectivity index (χ1n) is 7.68. The zero-order valence-corrected chi connectivity index (χ0v) is 14.8. The van der Waals surface area contributed by atoms with Crippen molar-refractivity contribution in [1.29, 1.82) is 0 Å². The van der Waals surface area contributed by atoms with Gasteiger partial charge in [-0.05, 0) is 36.1 Å². The number of rotatable bonds is 6. The van der Waals surface area contributed by atoms with Crippen LogP contribution in [0.2, 0.25) is 0 Å². The molecule has 2 rings (SSSR count). The normalized spacial score (nSPS) is 18.9. The quantitative estimate of drug-likeness (QED) is 0.346. The van der Waals surface area contributed by atoms with Crippen LogP contribution in [-0.4, -0.2) is 45.1 Å². The molecular weight excluding hydrogens is 348 g/mol. The lowest BCUT2D eigenvalue weighted by molar-refractivity contribution is -0.132. The number of nitrogens with one attached hydrogen (secondary N) is 1. The van der Waals surface area contributed by atoms with Gasteiger partial charge in [0.25, 0.3) is 0 Å². The summed E-state index contributed by atoms with van der Waals surface area (Å²) in [6.07, 6.45) is 2.06. The Morgan fingerprint density at radius 2 is 2.12 bits per heavy atom. The van der Waals surface area contributed by atoms with Gasteiger partial charge in [0.15, 0.2) is 21.3 Å². The predicted molar refractivity (Wildman–Crippen MR) is 91.4 cm³/mol. The number of hydrogen-bond acceptors (Lipinski definition) is 7. The van der Waals surface area contributed by atoms with Gasteiger partial charge >= 0.3 is 5.97 Å². The highest BCUT2D eigenvalue weighted by atomic mass is 32.2. The van der Waals surface area contributed by atoms with Crippen molar-refractivity contribution in [3.8, 4) is 11.5 Å². The molecule has 1 saturated heterocycles. The second-order valence-corrected chi connectivity index (χ2v) is 8.00. The highest BCUT2D eigenvalue weighted by Crippen LogP contribution is 2.27. The van der Waals surface area contributed by atoms with Gasteiger partial charge in [-0.25, -0.2) is 13.8 Å². The van der Waals surface area contributed by atoms with E-state index in [-0.39, 0.29) is 29.8 Å². The van der Waals surface area contributed by atoms with Crippen LogP contribution in [-0.2, 0) is 19.4 Å². The summed E-state index contributed by atoms with van der Waals surface area (Å²) in [5.41, 5.74) is 3.01. The summed E-state index contributed by atoms with van der Waals surface area (Å²) in [4.78, 5) is 22.8. The van der Waals surface area contributed by atoms with Crippen molar-refractivity contribution < 1.29 is 27.5 Å². The van der Waals surface area contributed by atoms with Gasteiger partial charge in [0.05, 0.1) is 24.8 Å². The lowest BCUT2D eigenvalue weighted by Crippen LogP contribution is -2.21. The molecule has 1 atom stereocenters. The van der Waals surface area contributed by atoms with E-state index in [1.165, 1.54) is 20.2 Å². The van der Waals surface area contributed by atoms with E-state index in [1.807, 2.05) is 0 Å². The highest BCUT2D eigenvalue weighted by molar-refractivity contribution is 7.91. The largest absolute Gasteiger partial charge is 0.493 e. The number of ether oxygens (including phenoxy) is 2. The summed E-state index contributed by atoms with van der Waals surface area (Å²) in [6.45, 7) is 1.29. The van der Waals surface area contributed by atoms with Crippen LogP contribution in [0.15, 0.2) is 23.3 Å². The molecule has 9 heteroatoms. The monoisotopic (exact) mass is 368 g/mol. The molecule has 1 aromatic carbocycles. The van der Waals surface area contributed by atoms with Gasteiger partial charge in [-0.1, -0.05) is 0 Å². The Balaban J connectivity index is 1.91. The summed E-state index contributed by atoms with van der Waals surface area (Å²) in [5, 5.41) is 3.85. The number of esters is 1. The first-order chi connectivity index (χ1) is 11.8. The summed E-state index contributed by atoms with van der Waals surface area (Å²) in [5.74, 6) is -0.0897. The van der Waals surface area contributed by atoms with Crippen LogP contribution in [0.1, 0.15) is 25.3 Å². The van der Waals surface area contributed by atoms with E-state index in [4.69, 9.17) is 9.47 Å². The van der Waals surface area contributed by atoms with Crippen molar-refractivity contribution in [3.05, 3.63) is 23.8 Å². The molecule has 0 bridgehead atoms. The molecule has 1 aliphatic heterocycles. The SMILES string of the molecule is COc1cc(/C=N\NC(=O)C[C@H]2CCS(=O)(=O)C2)ccc1OC(C)=O. The smallest absolute Gasteiger partial charge is 0.308 e. The summed E-state index contributed by atoms with van der Waals surface area (Å²) in [6, 6.07) is 4.82. The molecule has 1 fully saturated rings. The lowest BCUT2D eigenvalue weighted by atomic mass is 10.1. The van der Waals surface area contributed by atoms with E-state index >= 15 is 0 Å². The molecule has 1 heterocycles. The van der Waals surface area contributed by atoms with Crippen molar-refractivity contribution in [2.75, 3.05) is 18.6 Å². The zero-order valence-electron chi connectivity index (χ0n) is 14.0. The van der Waals surface area contributed by atoms with Gasteiger partial charge in [-0.15, -0.1) is 0 Å². The highest BCUT2D eigenvalue weighted by Gasteiger charge is 2.29. The molecule has 1 aromatic rings. The predicted octanol–water partition coefficient (Wildman–Crippen LogP) is 0.895. The number of sulfone groups is 1. The first kappa shape index (κ1) is 18.9.